The Bertz CT molecular complexity index is 387. The lowest BCUT2D eigenvalue weighted by atomic mass is 9.90. The fourth-order valence-corrected chi connectivity index (χ4v) is 4.10. The molecule has 2 fully saturated rings. The van der Waals surface area contributed by atoms with Crippen LogP contribution in [0.5, 0.6) is 0 Å². The molecule has 2 heterocycles. The zero-order valence-corrected chi connectivity index (χ0v) is 11.7. The molecule has 0 radical (unpaired) electrons. The largest absolute Gasteiger partial charge is 0.392 e. The Balaban J connectivity index is 1.59. The maximum absolute atomic E-state index is 9.53. The number of thiazole rings is 1. The molecule has 1 saturated heterocycles. The molecule has 18 heavy (non-hydrogen) atoms. The number of rotatable bonds is 3. The van der Waals surface area contributed by atoms with Crippen molar-refractivity contribution in [3.8, 4) is 0 Å². The van der Waals surface area contributed by atoms with Gasteiger partial charge in [-0.15, -0.1) is 11.3 Å². The van der Waals surface area contributed by atoms with Crippen molar-refractivity contribution in [2.75, 3.05) is 13.1 Å². The molecule has 2 aliphatic rings. The minimum atomic E-state index is -0.124. The van der Waals surface area contributed by atoms with Crippen molar-refractivity contribution in [2.24, 2.45) is 0 Å². The second-order valence-corrected chi connectivity index (χ2v) is 6.58. The molecule has 4 heteroatoms. The highest BCUT2D eigenvalue weighted by Gasteiger charge is 2.22. The van der Waals surface area contributed by atoms with Crippen LogP contribution in [0.15, 0.2) is 5.38 Å². The monoisotopic (exact) mass is 266 g/mol. The van der Waals surface area contributed by atoms with Crippen LogP contribution < -0.4 is 0 Å². The van der Waals surface area contributed by atoms with Crippen LogP contribution >= 0.6 is 11.3 Å². The fraction of sp³-hybridized carbons (Fsp3) is 0.786. The van der Waals surface area contributed by atoms with Gasteiger partial charge < -0.3 is 5.11 Å². The van der Waals surface area contributed by atoms with Crippen molar-refractivity contribution in [3.05, 3.63) is 16.1 Å². The zero-order valence-electron chi connectivity index (χ0n) is 10.8. The molecule has 0 bridgehead atoms. The van der Waals surface area contributed by atoms with Gasteiger partial charge in [-0.25, -0.2) is 4.98 Å². The first-order chi connectivity index (χ1) is 8.81. The van der Waals surface area contributed by atoms with Crippen molar-refractivity contribution >= 4 is 11.3 Å². The molecule has 1 aliphatic carbocycles. The van der Waals surface area contributed by atoms with E-state index in [1.165, 1.54) is 42.8 Å². The van der Waals surface area contributed by atoms with Crippen LogP contribution in [-0.4, -0.2) is 34.2 Å². The molecule has 1 atom stereocenters. The Hall–Kier alpha value is -0.450. The molecule has 1 saturated carbocycles. The van der Waals surface area contributed by atoms with Crippen molar-refractivity contribution < 1.29 is 5.11 Å². The second-order valence-electron chi connectivity index (χ2n) is 5.69. The summed E-state index contributed by atoms with van der Waals surface area (Å²) >= 11 is 1.84. The smallest absolute Gasteiger partial charge is 0.0959 e. The summed E-state index contributed by atoms with van der Waals surface area (Å²) < 4.78 is 0. The number of nitrogens with zero attached hydrogens (tertiary/aromatic N) is 2. The lowest BCUT2D eigenvalue weighted by Crippen LogP contribution is -2.21. The van der Waals surface area contributed by atoms with Crippen molar-refractivity contribution in [3.63, 3.8) is 0 Å². The number of aliphatic hydroxyl groups excluding tert-OH is 1. The van der Waals surface area contributed by atoms with Gasteiger partial charge in [0.25, 0.3) is 0 Å². The van der Waals surface area contributed by atoms with Gasteiger partial charge in [-0.2, -0.15) is 0 Å². The molecule has 1 aromatic heterocycles. The van der Waals surface area contributed by atoms with Gasteiger partial charge in [0.15, 0.2) is 0 Å². The van der Waals surface area contributed by atoms with E-state index in [-0.39, 0.29) is 6.10 Å². The lowest BCUT2D eigenvalue weighted by molar-refractivity contribution is 0.174. The summed E-state index contributed by atoms with van der Waals surface area (Å²) in [5.74, 6) is 0.724. The number of hydrogen-bond donors (Lipinski definition) is 1. The fourth-order valence-electron chi connectivity index (χ4n) is 3.12. The Labute approximate surface area is 113 Å². The normalized spacial score (nSPS) is 26.8. The van der Waals surface area contributed by atoms with Gasteiger partial charge in [0.1, 0.15) is 0 Å². The molecule has 1 aromatic rings. The van der Waals surface area contributed by atoms with Gasteiger partial charge >= 0.3 is 0 Å². The van der Waals surface area contributed by atoms with Crippen LogP contribution in [0.3, 0.4) is 0 Å². The van der Waals surface area contributed by atoms with Gasteiger partial charge in [0, 0.05) is 30.9 Å². The molecular weight excluding hydrogens is 244 g/mol. The summed E-state index contributed by atoms with van der Waals surface area (Å²) in [6, 6.07) is 0. The highest BCUT2D eigenvalue weighted by atomic mass is 32.1. The summed E-state index contributed by atoms with van der Waals surface area (Å²) in [7, 11) is 0. The maximum atomic E-state index is 9.53. The number of aliphatic hydroxyl groups is 1. The number of hydrogen-bond acceptors (Lipinski definition) is 4. The third-order valence-electron chi connectivity index (χ3n) is 4.16. The van der Waals surface area contributed by atoms with Crippen LogP contribution in [0, 0.1) is 0 Å². The lowest BCUT2D eigenvalue weighted by Gasteiger charge is -2.19. The van der Waals surface area contributed by atoms with E-state index >= 15 is 0 Å². The first-order valence-electron chi connectivity index (χ1n) is 7.16. The molecule has 1 N–H and O–H groups in total. The van der Waals surface area contributed by atoms with Crippen LogP contribution in [-0.2, 0) is 6.54 Å². The summed E-state index contributed by atoms with van der Waals surface area (Å²) in [5, 5.41) is 13.1. The molecule has 0 amide bonds. The molecule has 1 unspecified atom stereocenters. The van der Waals surface area contributed by atoms with Crippen LogP contribution in [0.25, 0.3) is 0 Å². The quantitative estimate of drug-likeness (QED) is 0.914. The van der Waals surface area contributed by atoms with Crippen LogP contribution in [0.4, 0.5) is 0 Å². The average molecular weight is 266 g/mol. The minimum Gasteiger partial charge on any atom is -0.392 e. The van der Waals surface area contributed by atoms with E-state index in [2.05, 4.69) is 10.3 Å². The minimum absolute atomic E-state index is 0.124. The van der Waals surface area contributed by atoms with Gasteiger partial charge in [-0.3, -0.25) is 4.90 Å². The van der Waals surface area contributed by atoms with Gasteiger partial charge in [0.2, 0.25) is 0 Å². The second kappa shape index (κ2) is 5.68. The highest BCUT2D eigenvalue weighted by molar-refractivity contribution is 7.09. The Morgan fingerprint density at radius 2 is 2.11 bits per heavy atom. The first kappa shape index (κ1) is 12.6. The third-order valence-corrected chi connectivity index (χ3v) is 5.21. The van der Waals surface area contributed by atoms with E-state index in [0.29, 0.717) is 0 Å². The Morgan fingerprint density at radius 1 is 1.28 bits per heavy atom. The topological polar surface area (TPSA) is 36.4 Å². The van der Waals surface area contributed by atoms with Gasteiger partial charge in [-0.1, -0.05) is 19.3 Å². The molecule has 100 valence electrons. The van der Waals surface area contributed by atoms with Crippen molar-refractivity contribution in [2.45, 2.75) is 57.1 Å². The summed E-state index contributed by atoms with van der Waals surface area (Å²) in [6.07, 6.45) is 7.60. The van der Waals surface area contributed by atoms with E-state index < -0.39 is 0 Å². The molecule has 3 nitrogen and oxygen atoms in total. The van der Waals surface area contributed by atoms with E-state index in [1.807, 2.05) is 11.3 Å². The summed E-state index contributed by atoms with van der Waals surface area (Å²) in [4.78, 5) is 7.13. The van der Waals surface area contributed by atoms with E-state index in [4.69, 9.17) is 4.98 Å². The highest BCUT2D eigenvalue weighted by Crippen LogP contribution is 2.34. The predicted octanol–water partition coefficient (Wildman–Crippen LogP) is 2.76. The SMILES string of the molecule is OC1CCN(Cc2csc(C3CCCCC3)n2)C1. The van der Waals surface area contributed by atoms with Crippen LogP contribution in [0.2, 0.25) is 0 Å². The molecule has 1 aliphatic heterocycles. The molecule has 3 rings (SSSR count). The number of β-amino-alcohol motifs (C(OH)–C–C–N with tert-alkyl or cyclic N) is 1. The Morgan fingerprint density at radius 3 is 2.83 bits per heavy atom. The Kier molecular flexibility index (Phi) is 3.97. The molecule has 0 spiro atoms. The van der Waals surface area contributed by atoms with Crippen LogP contribution in [0.1, 0.15) is 55.1 Å². The zero-order chi connectivity index (χ0) is 12.4. The van der Waals surface area contributed by atoms with Crippen molar-refractivity contribution in [1.29, 1.82) is 0 Å². The van der Waals surface area contributed by atoms with Crippen molar-refractivity contribution in [1.82, 2.24) is 9.88 Å². The maximum Gasteiger partial charge on any atom is 0.0959 e. The van der Waals surface area contributed by atoms with E-state index in [9.17, 15) is 5.11 Å². The van der Waals surface area contributed by atoms with Gasteiger partial charge in [0.05, 0.1) is 16.8 Å². The first-order valence-corrected chi connectivity index (χ1v) is 8.04. The summed E-state index contributed by atoms with van der Waals surface area (Å²) in [5.41, 5.74) is 1.20. The third kappa shape index (κ3) is 2.92. The van der Waals surface area contributed by atoms with Gasteiger partial charge in [-0.05, 0) is 19.3 Å². The number of likely N-dealkylation sites (tertiary alicyclic amines) is 1. The number of aromatic nitrogens is 1. The average Bonchev–Trinajstić information content (AvgIpc) is 3.01. The standard InChI is InChI=1S/C14H22N2OS/c17-13-6-7-16(9-13)8-12-10-18-14(15-12)11-4-2-1-3-5-11/h10-11,13,17H,1-9H2. The molecule has 0 aromatic carbocycles. The summed E-state index contributed by atoms with van der Waals surface area (Å²) in [6.45, 7) is 2.74. The van der Waals surface area contributed by atoms with E-state index in [1.54, 1.807) is 0 Å². The van der Waals surface area contributed by atoms with E-state index in [0.717, 1.165) is 32.0 Å². The predicted molar refractivity (Wildman–Crippen MR) is 73.8 cm³/mol. The molecular formula is C14H22N2OS.